The molecule has 5 heteroatoms. The molecule has 0 saturated heterocycles. The summed E-state index contributed by atoms with van der Waals surface area (Å²) < 4.78 is 4.14. The molecule has 78 valence electrons. The fourth-order valence-electron chi connectivity index (χ4n) is 0.918. The highest BCUT2D eigenvalue weighted by atomic mass is 35.5. The zero-order valence-electron chi connectivity index (χ0n) is 7.82. The van der Waals surface area contributed by atoms with Gasteiger partial charge in [0.05, 0.1) is 7.11 Å². The first kappa shape index (κ1) is 11.4. The molecular formula is C10H7ClO4. The summed E-state index contributed by atoms with van der Waals surface area (Å²) in [7, 11) is 1.04. The first-order valence-corrected chi connectivity index (χ1v) is 4.36. The third-order valence-electron chi connectivity index (χ3n) is 1.68. The van der Waals surface area contributed by atoms with E-state index in [1.54, 1.807) is 0 Å². The molecule has 0 aromatic heterocycles. The summed E-state index contributed by atoms with van der Waals surface area (Å²) >= 11 is 5.60. The van der Waals surface area contributed by atoms with Gasteiger partial charge >= 0.3 is 11.8 Å². The molecule has 0 aliphatic carbocycles. The summed E-state index contributed by atoms with van der Waals surface area (Å²) in [4.78, 5) is 33.2. The minimum absolute atomic E-state index is 0.106. The molecule has 4 nitrogen and oxygen atoms in total. The number of hydrogen-bond donors (Lipinski definition) is 0. The first-order valence-electron chi connectivity index (χ1n) is 3.99. The van der Waals surface area contributed by atoms with Crippen LogP contribution >= 0.6 is 11.6 Å². The molecule has 0 amide bonds. The van der Waals surface area contributed by atoms with Gasteiger partial charge in [0.2, 0.25) is 5.78 Å². The van der Waals surface area contributed by atoms with Crippen LogP contribution in [-0.4, -0.2) is 24.6 Å². The maximum atomic E-state index is 11.4. The van der Waals surface area contributed by atoms with Crippen LogP contribution in [-0.2, 0) is 14.3 Å². The molecule has 0 atom stereocenters. The number of ether oxygens (including phenoxy) is 1. The Balaban J connectivity index is 2.90. The number of rotatable bonds is 3. The van der Waals surface area contributed by atoms with E-state index in [9.17, 15) is 14.4 Å². The molecule has 0 aliphatic heterocycles. The molecule has 0 heterocycles. The van der Waals surface area contributed by atoms with Gasteiger partial charge in [-0.3, -0.25) is 9.59 Å². The molecule has 0 radical (unpaired) electrons. The summed E-state index contributed by atoms with van der Waals surface area (Å²) in [6.07, 6.45) is 0. The Morgan fingerprint density at radius 3 is 2.13 bits per heavy atom. The van der Waals surface area contributed by atoms with Crippen LogP contribution in [0.4, 0.5) is 0 Å². The number of hydrogen-bond acceptors (Lipinski definition) is 4. The van der Waals surface area contributed by atoms with Crippen molar-refractivity contribution < 1.29 is 19.1 Å². The van der Waals surface area contributed by atoms with Gasteiger partial charge in [-0.15, -0.1) is 0 Å². The maximum absolute atomic E-state index is 11.4. The monoisotopic (exact) mass is 226 g/mol. The predicted octanol–water partition coefficient (Wildman–Crippen LogP) is 1.26. The third-order valence-corrected chi connectivity index (χ3v) is 1.94. The average molecular weight is 227 g/mol. The van der Waals surface area contributed by atoms with Gasteiger partial charge in [0.25, 0.3) is 0 Å². The van der Waals surface area contributed by atoms with Crippen molar-refractivity contribution in [2.75, 3.05) is 7.11 Å². The molecule has 0 N–H and O–H groups in total. The smallest absolute Gasteiger partial charge is 0.383 e. The van der Waals surface area contributed by atoms with E-state index in [4.69, 9.17) is 11.6 Å². The van der Waals surface area contributed by atoms with E-state index in [-0.39, 0.29) is 5.56 Å². The van der Waals surface area contributed by atoms with Crippen molar-refractivity contribution in [1.82, 2.24) is 0 Å². The molecule has 0 unspecified atom stereocenters. The predicted molar refractivity (Wildman–Crippen MR) is 52.8 cm³/mol. The average Bonchev–Trinajstić information content (AvgIpc) is 2.27. The van der Waals surface area contributed by atoms with E-state index in [0.29, 0.717) is 5.02 Å². The summed E-state index contributed by atoms with van der Waals surface area (Å²) in [5.74, 6) is -3.27. The lowest BCUT2D eigenvalue weighted by Crippen LogP contribution is -2.25. The Bertz CT molecular complexity index is 408. The number of ketones is 2. The highest BCUT2D eigenvalue weighted by Gasteiger charge is 2.24. The largest absolute Gasteiger partial charge is 0.463 e. The number of carbonyl (C=O) groups is 3. The van der Waals surface area contributed by atoms with Gasteiger partial charge in [-0.1, -0.05) is 11.6 Å². The van der Waals surface area contributed by atoms with Crippen LogP contribution in [0.25, 0.3) is 0 Å². The number of esters is 1. The van der Waals surface area contributed by atoms with E-state index < -0.39 is 17.5 Å². The Hall–Kier alpha value is -1.68. The Kier molecular flexibility index (Phi) is 3.57. The fraction of sp³-hybridized carbons (Fsp3) is 0.100. The fourth-order valence-corrected chi connectivity index (χ4v) is 1.04. The van der Waals surface area contributed by atoms with Gasteiger partial charge < -0.3 is 4.74 Å². The second-order valence-corrected chi connectivity index (χ2v) is 3.09. The van der Waals surface area contributed by atoms with Crippen LogP contribution in [0.2, 0.25) is 5.02 Å². The lowest BCUT2D eigenvalue weighted by Gasteiger charge is -1.98. The van der Waals surface area contributed by atoms with Crippen molar-refractivity contribution >= 4 is 29.1 Å². The van der Waals surface area contributed by atoms with Crippen molar-refractivity contribution in [3.05, 3.63) is 34.9 Å². The Morgan fingerprint density at radius 1 is 1.13 bits per heavy atom. The molecule has 1 aromatic carbocycles. The molecule has 0 spiro atoms. The normalized spacial score (nSPS) is 9.47. The topological polar surface area (TPSA) is 60.4 Å². The molecular weight excluding hydrogens is 220 g/mol. The summed E-state index contributed by atoms with van der Waals surface area (Å²) in [5.41, 5.74) is 0.106. The van der Waals surface area contributed by atoms with Gasteiger partial charge in [0, 0.05) is 10.6 Å². The minimum Gasteiger partial charge on any atom is -0.463 e. The second kappa shape index (κ2) is 4.70. The van der Waals surface area contributed by atoms with Crippen LogP contribution < -0.4 is 0 Å². The number of methoxy groups -OCH3 is 1. The second-order valence-electron chi connectivity index (χ2n) is 2.66. The first-order chi connectivity index (χ1) is 7.06. The lowest BCUT2D eigenvalue weighted by molar-refractivity contribution is -0.149. The molecule has 0 saturated carbocycles. The Morgan fingerprint density at radius 2 is 1.67 bits per heavy atom. The summed E-state index contributed by atoms with van der Waals surface area (Å²) in [6.45, 7) is 0. The van der Waals surface area contributed by atoms with Crippen LogP contribution in [0.1, 0.15) is 10.4 Å². The number of halogens is 1. The third kappa shape index (κ3) is 2.63. The molecule has 0 aliphatic rings. The SMILES string of the molecule is COC(=O)C(=O)C(=O)c1ccc(Cl)cc1. The molecule has 0 fully saturated rings. The van der Waals surface area contributed by atoms with E-state index in [2.05, 4.69) is 4.74 Å². The van der Waals surface area contributed by atoms with Crippen molar-refractivity contribution in [3.63, 3.8) is 0 Å². The maximum Gasteiger partial charge on any atom is 0.383 e. The van der Waals surface area contributed by atoms with Crippen LogP contribution in [0.5, 0.6) is 0 Å². The zero-order valence-corrected chi connectivity index (χ0v) is 8.58. The highest BCUT2D eigenvalue weighted by Crippen LogP contribution is 2.10. The minimum atomic E-state index is -1.19. The van der Waals surface area contributed by atoms with Crippen LogP contribution in [0, 0.1) is 0 Å². The quantitative estimate of drug-likeness (QED) is 0.337. The molecule has 0 bridgehead atoms. The van der Waals surface area contributed by atoms with E-state index >= 15 is 0 Å². The van der Waals surface area contributed by atoms with E-state index in [1.165, 1.54) is 24.3 Å². The van der Waals surface area contributed by atoms with Gasteiger partial charge in [-0.25, -0.2) is 4.79 Å². The Labute approximate surface area is 90.8 Å². The van der Waals surface area contributed by atoms with E-state index in [0.717, 1.165) is 7.11 Å². The number of carbonyl (C=O) groups excluding carboxylic acids is 3. The molecule has 1 rings (SSSR count). The standard InChI is InChI=1S/C10H7ClO4/c1-15-10(14)9(13)8(12)6-2-4-7(11)5-3-6/h2-5H,1H3. The van der Waals surface area contributed by atoms with Crippen molar-refractivity contribution in [2.24, 2.45) is 0 Å². The van der Waals surface area contributed by atoms with Crippen molar-refractivity contribution in [1.29, 1.82) is 0 Å². The highest BCUT2D eigenvalue weighted by molar-refractivity contribution is 6.65. The zero-order chi connectivity index (χ0) is 11.4. The summed E-state index contributed by atoms with van der Waals surface area (Å²) in [6, 6.07) is 5.65. The van der Waals surface area contributed by atoms with Gasteiger partial charge in [0.15, 0.2) is 0 Å². The van der Waals surface area contributed by atoms with Crippen molar-refractivity contribution in [3.8, 4) is 0 Å². The lowest BCUT2D eigenvalue weighted by atomic mass is 10.1. The van der Waals surface area contributed by atoms with Crippen molar-refractivity contribution in [2.45, 2.75) is 0 Å². The van der Waals surface area contributed by atoms with Crippen LogP contribution in [0.3, 0.4) is 0 Å². The summed E-state index contributed by atoms with van der Waals surface area (Å²) in [5, 5.41) is 0.442. The van der Waals surface area contributed by atoms with E-state index in [1.807, 2.05) is 0 Å². The molecule has 1 aromatic rings. The van der Waals surface area contributed by atoms with Crippen LogP contribution in [0.15, 0.2) is 24.3 Å². The van der Waals surface area contributed by atoms with Gasteiger partial charge in [-0.05, 0) is 24.3 Å². The van der Waals surface area contributed by atoms with Gasteiger partial charge in [-0.2, -0.15) is 0 Å². The van der Waals surface area contributed by atoms with Gasteiger partial charge in [0.1, 0.15) is 0 Å². The number of Topliss-reactive ketones (excluding diaryl/α,β-unsaturated/α-hetero) is 2. The molecule has 15 heavy (non-hydrogen) atoms. The number of benzene rings is 1.